The first kappa shape index (κ1) is 26.1. The number of aromatic nitrogens is 3. The zero-order chi connectivity index (χ0) is 26.9. The van der Waals surface area contributed by atoms with E-state index in [4.69, 9.17) is 16.3 Å². The number of nitrogens with one attached hydrogen (secondary N) is 3. The molecule has 5 rings (SSSR count). The van der Waals surface area contributed by atoms with Gasteiger partial charge in [-0.25, -0.2) is 5.43 Å². The molecule has 0 atom stereocenters. The molecule has 1 heterocycles. The van der Waals surface area contributed by atoms with Crippen molar-refractivity contribution in [3.05, 3.63) is 124 Å². The van der Waals surface area contributed by atoms with E-state index in [1.807, 2.05) is 103 Å². The van der Waals surface area contributed by atoms with Crippen molar-refractivity contribution in [2.45, 2.75) is 6.61 Å². The smallest absolute Gasteiger partial charge is 0.250 e. The fourth-order valence-electron chi connectivity index (χ4n) is 3.49. The van der Waals surface area contributed by atoms with Crippen molar-refractivity contribution in [1.82, 2.24) is 15.0 Å². The van der Waals surface area contributed by atoms with Crippen LogP contribution >= 0.6 is 27.5 Å². The van der Waals surface area contributed by atoms with E-state index in [2.05, 4.69) is 52.0 Å². The van der Waals surface area contributed by atoms with Crippen LogP contribution in [0.5, 0.6) is 5.75 Å². The highest BCUT2D eigenvalue weighted by Gasteiger charge is 2.08. The Bertz CT molecular complexity index is 1490. The van der Waals surface area contributed by atoms with Gasteiger partial charge in [-0.2, -0.15) is 20.1 Å². The second-order valence-corrected chi connectivity index (χ2v) is 9.61. The third-order valence-corrected chi connectivity index (χ3v) is 6.09. The van der Waals surface area contributed by atoms with Gasteiger partial charge in [0, 0.05) is 26.4 Å². The minimum atomic E-state index is 0.261. The first-order valence-corrected chi connectivity index (χ1v) is 13.1. The van der Waals surface area contributed by atoms with Gasteiger partial charge in [0.05, 0.1) is 6.21 Å². The molecule has 1 aromatic heterocycles. The second-order valence-electron chi connectivity index (χ2n) is 8.26. The third-order valence-electron chi connectivity index (χ3n) is 5.34. The molecule has 3 N–H and O–H groups in total. The molecule has 5 aromatic rings. The van der Waals surface area contributed by atoms with E-state index in [0.717, 1.165) is 27.0 Å². The summed E-state index contributed by atoms with van der Waals surface area (Å²) in [5.41, 5.74) is 6.38. The number of hydrazone groups is 1. The Morgan fingerprint density at radius 3 is 1.95 bits per heavy atom. The first-order valence-electron chi connectivity index (χ1n) is 12.0. The van der Waals surface area contributed by atoms with E-state index < -0.39 is 0 Å². The van der Waals surface area contributed by atoms with Crippen LogP contribution in [0.4, 0.5) is 29.2 Å². The van der Waals surface area contributed by atoms with Gasteiger partial charge in [0.25, 0.3) is 0 Å². The van der Waals surface area contributed by atoms with Crippen LogP contribution in [0, 0.1) is 0 Å². The zero-order valence-corrected chi connectivity index (χ0v) is 22.9. The molecule has 194 valence electrons. The number of para-hydroxylation sites is 2. The van der Waals surface area contributed by atoms with Crippen LogP contribution in [0.3, 0.4) is 0 Å². The van der Waals surface area contributed by atoms with Crippen molar-refractivity contribution < 1.29 is 4.74 Å². The molecule has 0 fully saturated rings. The third kappa shape index (κ3) is 7.76. The number of halogens is 2. The summed E-state index contributed by atoms with van der Waals surface area (Å²) >= 11 is 9.50. The summed E-state index contributed by atoms with van der Waals surface area (Å²) in [5.74, 6) is 1.66. The van der Waals surface area contributed by atoms with Crippen LogP contribution in [0.1, 0.15) is 11.1 Å². The van der Waals surface area contributed by atoms with E-state index in [0.29, 0.717) is 29.3 Å². The Morgan fingerprint density at radius 1 is 0.744 bits per heavy atom. The van der Waals surface area contributed by atoms with Gasteiger partial charge >= 0.3 is 0 Å². The highest BCUT2D eigenvalue weighted by atomic mass is 79.9. The summed E-state index contributed by atoms with van der Waals surface area (Å²) in [4.78, 5) is 13.5. The number of hydrogen-bond acceptors (Lipinski definition) is 8. The van der Waals surface area contributed by atoms with Crippen LogP contribution in [0.2, 0.25) is 5.02 Å². The summed E-state index contributed by atoms with van der Waals surface area (Å²) in [6, 6.07) is 32.6. The topological polar surface area (TPSA) is 96.4 Å². The van der Waals surface area contributed by atoms with Crippen LogP contribution < -0.4 is 20.8 Å². The summed E-state index contributed by atoms with van der Waals surface area (Å²) in [6.45, 7) is 0.392. The molecule has 4 aromatic carbocycles. The Kier molecular flexibility index (Phi) is 8.62. The molecule has 10 heteroatoms. The average molecular weight is 601 g/mol. The van der Waals surface area contributed by atoms with Crippen molar-refractivity contribution in [3.63, 3.8) is 0 Å². The van der Waals surface area contributed by atoms with Crippen molar-refractivity contribution in [1.29, 1.82) is 0 Å². The van der Waals surface area contributed by atoms with Gasteiger partial charge < -0.3 is 15.4 Å². The van der Waals surface area contributed by atoms with Crippen LogP contribution in [-0.4, -0.2) is 21.2 Å². The number of benzene rings is 4. The monoisotopic (exact) mass is 599 g/mol. The molecule has 0 spiro atoms. The average Bonchev–Trinajstić information content (AvgIpc) is 2.94. The predicted octanol–water partition coefficient (Wildman–Crippen LogP) is 7.80. The Hall–Kier alpha value is -4.47. The van der Waals surface area contributed by atoms with Gasteiger partial charge in [-0.3, -0.25) is 0 Å². The maximum atomic E-state index is 6.05. The zero-order valence-electron chi connectivity index (χ0n) is 20.6. The lowest BCUT2D eigenvalue weighted by Gasteiger charge is -2.11. The maximum Gasteiger partial charge on any atom is 0.250 e. The standard InChI is InChI=1S/C29H23BrClN7O/c30-22-13-16-26(39-19-20-11-14-23(31)15-12-20)21(17-22)18-32-38-29-36-27(33-24-7-3-1-4-8-24)35-28(37-29)34-25-9-5-2-6-10-25/h1-18H,19H2,(H3,33,34,35,36,37,38). The maximum absolute atomic E-state index is 6.05. The summed E-state index contributed by atoms with van der Waals surface area (Å²) in [6.07, 6.45) is 1.65. The molecule has 0 radical (unpaired) electrons. The molecule has 8 nitrogen and oxygen atoms in total. The molecule has 0 aliphatic heterocycles. The SMILES string of the molecule is Clc1ccc(COc2ccc(Br)cc2C=NNc2nc(Nc3ccccc3)nc(Nc3ccccc3)n2)cc1. The molecule has 0 aliphatic carbocycles. The van der Waals surface area contributed by atoms with Crippen molar-refractivity contribution >= 4 is 63.0 Å². The molecule has 39 heavy (non-hydrogen) atoms. The Balaban J connectivity index is 1.34. The fraction of sp³-hybridized carbons (Fsp3) is 0.0345. The largest absolute Gasteiger partial charge is 0.488 e. The summed E-state index contributed by atoms with van der Waals surface area (Å²) in [5, 5.41) is 11.5. The van der Waals surface area contributed by atoms with E-state index in [1.54, 1.807) is 6.21 Å². The lowest BCUT2D eigenvalue weighted by molar-refractivity contribution is 0.306. The highest BCUT2D eigenvalue weighted by molar-refractivity contribution is 9.10. The van der Waals surface area contributed by atoms with Crippen LogP contribution in [0.15, 0.2) is 113 Å². The van der Waals surface area contributed by atoms with E-state index in [1.165, 1.54) is 0 Å². The number of anilines is 5. The van der Waals surface area contributed by atoms with E-state index in [-0.39, 0.29) is 5.95 Å². The Morgan fingerprint density at radius 2 is 1.33 bits per heavy atom. The molecule has 0 aliphatic rings. The number of rotatable bonds is 10. The second kappa shape index (κ2) is 12.9. The Labute approximate surface area is 239 Å². The number of nitrogens with zero attached hydrogens (tertiary/aromatic N) is 4. The normalized spacial score (nSPS) is 10.8. The molecular formula is C29H23BrClN7O. The van der Waals surface area contributed by atoms with Gasteiger partial charge in [0.15, 0.2) is 0 Å². The first-order chi connectivity index (χ1) is 19.1. The van der Waals surface area contributed by atoms with Gasteiger partial charge in [0.2, 0.25) is 17.8 Å². The summed E-state index contributed by atoms with van der Waals surface area (Å²) in [7, 11) is 0. The van der Waals surface area contributed by atoms with Crippen molar-refractivity contribution in [2.24, 2.45) is 5.10 Å². The molecule has 0 bridgehead atoms. The molecule has 0 saturated heterocycles. The van der Waals surface area contributed by atoms with E-state index in [9.17, 15) is 0 Å². The lowest BCUT2D eigenvalue weighted by atomic mass is 10.2. The minimum absolute atomic E-state index is 0.261. The fourth-order valence-corrected chi connectivity index (χ4v) is 4.00. The molecule has 0 amide bonds. The van der Waals surface area contributed by atoms with Crippen molar-refractivity contribution in [2.75, 3.05) is 16.1 Å². The number of ether oxygens (including phenoxy) is 1. The molecule has 0 saturated carbocycles. The lowest BCUT2D eigenvalue weighted by Crippen LogP contribution is -2.07. The van der Waals surface area contributed by atoms with Crippen LogP contribution in [-0.2, 0) is 6.61 Å². The van der Waals surface area contributed by atoms with E-state index >= 15 is 0 Å². The highest BCUT2D eigenvalue weighted by Crippen LogP contribution is 2.24. The predicted molar refractivity (Wildman–Crippen MR) is 160 cm³/mol. The molecular weight excluding hydrogens is 578 g/mol. The van der Waals surface area contributed by atoms with Gasteiger partial charge in [-0.1, -0.05) is 76.1 Å². The molecule has 0 unspecified atom stereocenters. The summed E-state index contributed by atoms with van der Waals surface area (Å²) < 4.78 is 6.94. The minimum Gasteiger partial charge on any atom is -0.488 e. The quantitative estimate of drug-likeness (QED) is 0.111. The van der Waals surface area contributed by atoms with Gasteiger partial charge in [0.1, 0.15) is 12.4 Å². The van der Waals surface area contributed by atoms with Crippen molar-refractivity contribution in [3.8, 4) is 5.75 Å². The number of hydrogen-bond donors (Lipinski definition) is 3. The van der Waals surface area contributed by atoms with Crippen LogP contribution in [0.25, 0.3) is 0 Å². The van der Waals surface area contributed by atoms with Gasteiger partial charge in [-0.15, -0.1) is 0 Å². The van der Waals surface area contributed by atoms with Gasteiger partial charge in [-0.05, 0) is 60.2 Å².